The molecular weight excluding hydrogens is 244 g/mol. The van der Waals surface area contributed by atoms with E-state index < -0.39 is 15.7 Å². The topological polar surface area (TPSA) is 117 Å². The molecule has 2 saturated carbocycles. The molecule has 0 aliphatic heterocycles. The second-order valence-electron chi connectivity index (χ2n) is 4.77. The summed E-state index contributed by atoms with van der Waals surface area (Å²) in [6.07, 6.45) is 4.60. The summed E-state index contributed by atoms with van der Waals surface area (Å²) in [5.41, 5.74) is 4.69. The molecule has 2 aliphatic rings. The predicted octanol–water partition coefficient (Wildman–Crippen LogP) is -0.368. The summed E-state index contributed by atoms with van der Waals surface area (Å²) >= 11 is 0. The van der Waals surface area contributed by atoms with Crippen molar-refractivity contribution in [1.29, 1.82) is 0 Å². The van der Waals surface area contributed by atoms with Crippen LogP contribution in [0, 0.1) is 0 Å². The molecule has 17 heavy (non-hydrogen) atoms. The zero-order valence-corrected chi connectivity index (χ0v) is 10.3. The molecule has 7 nitrogen and oxygen atoms in total. The first kappa shape index (κ1) is 12.6. The third kappa shape index (κ3) is 2.88. The third-order valence-corrected chi connectivity index (χ3v) is 4.59. The van der Waals surface area contributed by atoms with E-state index in [-0.39, 0.29) is 11.9 Å². The first-order chi connectivity index (χ1) is 7.97. The molecule has 0 amide bonds. The van der Waals surface area contributed by atoms with Crippen LogP contribution in [0.2, 0.25) is 0 Å². The molecular formula is C9H18N4O3S. The molecule has 2 aliphatic carbocycles. The van der Waals surface area contributed by atoms with Gasteiger partial charge in [0.1, 0.15) is 0 Å². The maximum absolute atomic E-state index is 11.8. The highest BCUT2D eigenvalue weighted by molar-refractivity contribution is 7.87. The number of oxime groups is 1. The normalized spacial score (nSPS) is 25.1. The second-order valence-corrected chi connectivity index (χ2v) is 6.22. The van der Waals surface area contributed by atoms with Crippen LogP contribution >= 0.6 is 0 Å². The summed E-state index contributed by atoms with van der Waals surface area (Å²) in [4.78, 5) is 0. The van der Waals surface area contributed by atoms with Crippen LogP contribution in [0.1, 0.15) is 38.5 Å². The molecule has 8 heteroatoms. The van der Waals surface area contributed by atoms with Crippen molar-refractivity contribution in [2.24, 2.45) is 10.9 Å². The van der Waals surface area contributed by atoms with Gasteiger partial charge in [0.05, 0.1) is 5.54 Å². The minimum Gasteiger partial charge on any atom is -0.409 e. The maximum Gasteiger partial charge on any atom is 0.278 e. The molecule has 2 fully saturated rings. The van der Waals surface area contributed by atoms with E-state index >= 15 is 0 Å². The molecule has 98 valence electrons. The highest BCUT2D eigenvalue weighted by Gasteiger charge is 2.42. The number of nitrogens with two attached hydrogens (primary N) is 1. The molecule has 0 atom stereocenters. The van der Waals surface area contributed by atoms with Gasteiger partial charge in [0, 0.05) is 6.04 Å². The minimum absolute atomic E-state index is 0.0400. The molecule has 5 N–H and O–H groups in total. The van der Waals surface area contributed by atoms with Gasteiger partial charge in [-0.05, 0) is 25.7 Å². The standard InChI is InChI=1S/C9H18N4O3S/c10-8(11-14)9(5-1-2-6-9)13-17(15,16)12-7-3-4-7/h7,12-14H,1-6H2,(H2,10,11). The number of rotatable bonds is 5. The third-order valence-electron chi connectivity index (χ3n) is 3.28. The molecule has 0 bridgehead atoms. The first-order valence-electron chi connectivity index (χ1n) is 5.77. The summed E-state index contributed by atoms with van der Waals surface area (Å²) in [7, 11) is -3.59. The van der Waals surface area contributed by atoms with Crippen molar-refractivity contribution < 1.29 is 13.6 Å². The highest BCUT2D eigenvalue weighted by Crippen LogP contribution is 2.31. The first-order valence-corrected chi connectivity index (χ1v) is 7.25. The predicted molar refractivity (Wildman–Crippen MR) is 62.8 cm³/mol. The van der Waals surface area contributed by atoms with Crippen LogP contribution in [0.4, 0.5) is 0 Å². The summed E-state index contributed by atoms with van der Waals surface area (Å²) in [6, 6.07) is 0.0400. The lowest BCUT2D eigenvalue weighted by molar-refractivity contribution is 0.309. The molecule has 0 radical (unpaired) electrons. The Kier molecular flexibility index (Phi) is 3.28. The van der Waals surface area contributed by atoms with Gasteiger partial charge in [-0.3, -0.25) is 0 Å². The lowest BCUT2D eigenvalue weighted by Crippen LogP contribution is -2.58. The average molecular weight is 262 g/mol. The Morgan fingerprint density at radius 3 is 2.41 bits per heavy atom. The van der Waals surface area contributed by atoms with Crippen LogP contribution in [0.25, 0.3) is 0 Å². The van der Waals surface area contributed by atoms with E-state index in [1.165, 1.54) is 0 Å². The van der Waals surface area contributed by atoms with Gasteiger partial charge >= 0.3 is 0 Å². The molecule has 0 unspecified atom stereocenters. The molecule has 0 aromatic heterocycles. The van der Waals surface area contributed by atoms with Crippen molar-refractivity contribution in [2.45, 2.75) is 50.1 Å². The van der Waals surface area contributed by atoms with Gasteiger partial charge in [-0.15, -0.1) is 0 Å². The van der Waals surface area contributed by atoms with Crippen molar-refractivity contribution in [3.8, 4) is 0 Å². The Morgan fingerprint density at radius 2 is 1.94 bits per heavy atom. The second kappa shape index (κ2) is 4.43. The number of hydrogen-bond acceptors (Lipinski definition) is 4. The van der Waals surface area contributed by atoms with Crippen molar-refractivity contribution in [1.82, 2.24) is 9.44 Å². The van der Waals surface area contributed by atoms with Crippen LogP contribution in [0.3, 0.4) is 0 Å². The Bertz CT molecular complexity index is 410. The molecule has 0 aromatic rings. The van der Waals surface area contributed by atoms with E-state index in [2.05, 4.69) is 14.6 Å². The Morgan fingerprint density at radius 1 is 1.35 bits per heavy atom. The fourth-order valence-electron chi connectivity index (χ4n) is 2.19. The van der Waals surface area contributed by atoms with Gasteiger partial charge < -0.3 is 10.9 Å². The van der Waals surface area contributed by atoms with Gasteiger partial charge in [-0.2, -0.15) is 17.9 Å². The summed E-state index contributed by atoms with van der Waals surface area (Å²) < 4.78 is 28.8. The number of nitrogens with one attached hydrogen (secondary N) is 2. The summed E-state index contributed by atoms with van der Waals surface area (Å²) in [5, 5.41) is 11.7. The zero-order valence-electron chi connectivity index (χ0n) is 9.52. The van der Waals surface area contributed by atoms with E-state index in [0.29, 0.717) is 12.8 Å². The van der Waals surface area contributed by atoms with Gasteiger partial charge in [0.25, 0.3) is 10.2 Å². The fraction of sp³-hybridized carbons (Fsp3) is 0.889. The SMILES string of the molecule is NC(=NO)C1(NS(=O)(=O)NC2CC2)CCCC1. The van der Waals surface area contributed by atoms with Crippen molar-refractivity contribution in [3.05, 3.63) is 0 Å². The van der Waals surface area contributed by atoms with Crippen molar-refractivity contribution >= 4 is 16.0 Å². The fourth-order valence-corrected chi connectivity index (χ4v) is 3.75. The quantitative estimate of drug-likeness (QED) is 0.234. The zero-order chi connectivity index (χ0) is 12.5. The molecule has 0 saturated heterocycles. The molecule has 0 aromatic carbocycles. The number of hydrogen-bond donors (Lipinski definition) is 4. The Balaban J connectivity index is 2.12. The van der Waals surface area contributed by atoms with Crippen molar-refractivity contribution in [3.63, 3.8) is 0 Å². The monoisotopic (exact) mass is 262 g/mol. The molecule has 0 spiro atoms. The van der Waals surface area contributed by atoms with Crippen LogP contribution < -0.4 is 15.2 Å². The van der Waals surface area contributed by atoms with E-state index in [9.17, 15) is 8.42 Å². The lowest BCUT2D eigenvalue weighted by atomic mass is 9.98. The molecule has 0 heterocycles. The average Bonchev–Trinajstić information content (AvgIpc) is 2.92. The molecule has 2 rings (SSSR count). The Labute approximate surface area is 101 Å². The van der Waals surface area contributed by atoms with Gasteiger partial charge in [0.15, 0.2) is 5.84 Å². The van der Waals surface area contributed by atoms with Gasteiger partial charge in [-0.25, -0.2) is 0 Å². The number of nitrogens with zero attached hydrogens (tertiary/aromatic N) is 1. The van der Waals surface area contributed by atoms with E-state index in [1.54, 1.807) is 0 Å². The van der Waals surface area contributed by atoms with E-state index in [4.69, 9.17) is 10.9 Å². The van der Waals surface area contributed by atoms with E-state index in [1.807, 2.05) is 0 Å². The lowest BCUT2D eigenvalue weighted by Gasteiger charge is -2.28. The number of amidine groups is 1. The van der Waals surface area contributed by atoms with E-state index in [0.717, 1.165) is 25.7 Å². The van der Waals surface area contributed by atoms with Gasteiger partial charge in [-0.1, -0.05) is 18.0 Å². The summed E-state index contributed by atoms with van der Waals surface area (Å²) in [6.45, 7) is 0. The Hall–Kier alpha value is -0.860. The largest absolute Gasteiger partial charge is 0.409 e. The van der Waals surface area contributed by atoms with Gasteiger partial charge in [0.2, 0.25) is 0 Å². The summed E-state index contributed by atoms with van der Waals surface area (Å²) in [5.74, 6) is -0.0591. The highest BCUT2D eigenvalue weighted by atomic mass is 32.2. The van der Waals surface area contributed by atoms with Crippen LogP contribution in [0.5, 0.6) is 0 Å². The van der Waals surface area contributed by atoms with Crippen LogP contribution in [-0.2, 0) is 10.2 Å². The minimum atomic E-state index is -3.59. The smallest absolute Gasteiger partial charge is 0.278 e. The van der Waals surface area contributed by atoms with Crippen LogP contribution in [-0.4, -0.2) is 31.0 Å². The van der Waals surface area contributed by atoms with Crippen LogP contribution in [0.15, 0.2) is 5.16 Å². The maximum atomic E-state index is 11.8. The van der Waals surface area contributed by atoms with Crippen molar-refractivity contribution in [2.75, 3.05) is 0 Å².